The number of hydrogen-bond acceptors (Lipinski definition) is 5. The maximum absolute atomic E-state index is 11.9. The highest BCUT2D eigenvalue weighted by molar-refractivity contribution is 7.22. The molecule has 0 fully saturated rings. The third-order valence-corrected chi connectivity index (χ3v) is 4.42. The van der Waals surface area contributed by atoms with Gasteiger partial charge < -0.3 is 0 Å². The monoisotopic (exact) mass is 307 g/mol. The lowest BCUT2D eigenvalue weighted by atomic mass is 10.2. The molecule has 2 heterocycles. The number of imide groups is 1. The number of thiazole rings is 1. The maximum atomic E-state index is 11.9. The number of nitrogens with zero attached hydrogens (tertiary/aromatic N) is 2. The van der Waals surface area contributed by atoms with E-state index in [-0.39, 0.29) is 11.8 Å². The number of fused-ring (bicyclic) bond motifs is 1. The van der Waals surface area contributed by atoms with Crippen LogP contribution in [0.2, 0.25) is 5.02 Å². The molecule has 2 amide bonds. The topological polar surface area (TPSA) is 62.3 Å². The average molecular weight is 308 g/mol. The van der Waals surface area contributed by atoms with Crippen molar-refractivity contribution >= 4 is 50.1 Å². The van der Waals surface area contributed by atoms with Gasteiger partial charge in [0, 0.05) is 11.1 Å². The molecule has 0 saturated heterocycles. The van der Waals surface area contributed by atoms with E-state index >= 15 is 0 Å². The predicted molar refractivity (Wildman–Crippen MR) is 78.5 cm³/mol. The Hall–Kier alpha value is -1.92. The van der Waals surface area contributed by atoms with Gasteiger partial charge in [0.25, 0.3) is 11.8 Å². The molecule has 0 bridgehead atoms. The fraction of sp³-hybridized carbons (Fsp3) is 0.154. The first kappa shape index (κ1) is 13.1. The molecule has 0 atom stereocenters. The highest BCUT2D eigenvalue weighted by Gasteiger charge is 2.34. The van der Waals surface area contributed by atoms with Crippen LogP contribution < -0.4 is 5.43 Å². The number of amides is 2. The molecule has 1 N–H and O–H groups in total. The minimum absolute atomic E-state index is 0.349. The normalized spacial score (nSPS) is 15.7. The van der Waals surface area contributed by atoms with Crippen LogP contribution in [-0.2, 0) is 9.59 Å². The van der Waals surface area contributed by atoms with Crippen LogP contribution >= 0.6 is 22.9 Å². The van der Waals surface area contributed by atoms with Gasteiger partial charge in [-0.1, -0.05) is 29.0 Å². The van der Waals surface area contributed by atoms with Crippen molar-refractivity contribution in [2.45, 2.75) is 13.8 Å². The van der Waals surface area contributed by atoms with Crippen molar-refractivity contribution in [3.8, 4) is 0 Å². The van der Waals surface area contributed by atoms with E-state index in [1.807, 2.05) is 12.1 Å². The molecule has 0 spiro atoms. The number of hydrogen-bond donors (Lipinski definition) is 1. The van der Waals surface area contributed by atoms with Gasteiger partial charge in [-0.05, 0) is 26.0 Å². The van der Waals surface area contributed by atoms with E-state index in [0.29, 0.717) is 26.8 Å². The van der Waals surface area contributed by atoms with Crippen LogP contribution in [-0.4, -0.2) is 21.8 Å². The van der Waals surface area contributed by atoms with Gasteiger partial charge in [0.1, 0.15) is 5.52 Å². The lowest BCUT2D eigenvalue weighted by Crippen LogP contribution is -2.36. The highest BCUT2D eigenvalue weighted by atomic mass is 35.5. The second-order valence-electron chi connectivity index (χ2n) is 4.41. The third-order valence-electron chi connectivity index (χ3n) is 3.19. The first-order valence-electron chi connectivity index (χ1n) is 5.87. The largest absolute Gasteiger partial charge is 0.275 e. The zero-order valence-electron chi connectivity index (χ0n) is 10.7. The predicted octanol–water partition coefficient (Wildman–Crippen LogP) is 2.98. The van der Waals surface area contributed by atoms with E-state index in [9.17, 15) is 9.59 Å². The van der Waals surface area contributed by atoms with Gasteiger partial charge in [0.2, 0.25) is 5.13 Å². The molecule has 0 aliphatic carbocycles. The molecule has 0 radical (unpaired) electrons. The third kappa shape index (κ3) is 1.88. The Morgan fingerprint density at radius 1 is 1.20 bits per heavy atom. The number of halogens is 1. The van der Waals surface area contributed by atoms with E-state index in [1.165, 1.54) is 11.3 Å². The standard InChI is InChI=1S/C13H10ClN3O2S/c1-6-7(2)12(19)17(11(6)18)16-13-15-10-8(14)4-3-5-9(10)20-13/h3-5H,1-2H3,(H,15,16). The molecule has 7 heteroatoms. The van der Waals surface area contributed by atoms with Crippen LogP contribution in [0.5, 0.6) is 0 Å². The van der Waals surface area contributed by atoms with Crippen molar-refractivity contribution < 1.29 is 9.59 Å². The molecule has 0 saturated carbocycles. The summed E-state index contributed by atoms with van der Waals surface area (Å²) >= 11 is 7.38. The molecule has 2 aromatic rings. The summed E-state index contributed by atoms with van der Waals surface area (Å²) in [5, 5.41) is 1.98. The van der Waals surface area contributed by atoms with Crippen LogP contribution in [0.1, 0.15) is 13.8 Å². The number of para-hydroxylation sites is 1. The van der Waals surface area contributed by atoms with E-state index in [0.717, 1.165) is 9.71 Å². The first-order valence-corrected chi connectivity index (χ1v) is 7.06. The minimum atomic E-state index is -0.349. The Kier molecular flexibility index (Phi) is 2.99. The van der Waals surface area contributed by atoms with Gasteiger partial charge in [-0.3, -0.25) is 15.0 Å². The van der Waals surface area contributed by atoms with Crippen LogP contribution in [0, 0.1) is 0 Å². The quantitative estimate of drug-likeness (QED) is 0.866. The molecular formula is C13H10ClN3O2S. The molecular weight excluding hydrogens is 298 g/mol. The van der Waals surface area contributed by atoms with Gasteiger partial charge >= 0.3 is 0 Å². The number of aromatic nitrogens is 1. The van der Waals surface area contributed by atoms with E-state index in [2.05, 4.69) is 10.4 Å². The van der Waals surface area contributed by atoms with Crippen molar-refractivity contribution in [2.24, 2.45) is 0 Å². The van der Waals surface area contributed by atoms with Crippen molar-refractivity contribution in [2.75, 3.05) is 5.43 Å². The van der Waals surface area contributed by atoms with E-state index in [1.54, 1.807) is 19.9 Å². The number of nitrogens with one attached hydrogen (secondary N) is 1. The molecule has 5 nitrogen and oxygen atoms in total. The number of carbonyl (C=O) groups is 2. The Morgan fingerprint density at radius 2 is 1.85 bits per heavy atom. The number of rotatable bonds is 2. The lowest BCUT2D eigenvalue weighted by Gasteiger charge is -2.14. The summed E-state index contributed by atoms with van der Waals surface area (Å²) in [7, 11) is 0. The SMILES string of the molecule is CC1=C(C)C(=O)N(Nc2nc3c(Cl)cccc3s2)C1=O. The Labute approximate surface area is 123 Å². The van der Waals surface area contributed by atoms with Gasteiger partial charge in [0.05, 0.1) is 9.72 Å². The van der Waals surface area contributed by atoms with E-state index in [4.69, 9.17) is 11.6 Å². The van der Waals surface area contributed by atoms with Gasteiger partial charge in [-0.2, -0.15) is 5.01 Å². The molecule has 1 aromatic carbocycles. The zero-order valence-corrected chi connectivity index (χ0v) is 12.3. The summed E-state index contributed by atoms with van der Waals surface area (Å²) in [5.41, 5.74) is 4.31. The fourth-order valence-corrected chi connectivity index (χ4v) is 3.06. The average Bonchev–Trinajstić information content (AvgIpc) is 2.92. The van der Waals surface area contributed by atoms with Crippen molar-refractivity contribution in [1.82, 2.24) is 9.99 Å². The maximum Gasteiger partial charge on any atom is 0.275 e. The second-order valence-corrected chi connectivity index (χ2v) is 5.85. The van der Waals surface area contributed by atoms with Crippen molar-refractivity contribution in [3.63, 3.8) is 0 Å². The minimum Gasteiger partial charge on any atom is -0.267 e. The first-order chi connectivity index (χ1) is 9.49. The number of anilines is 1. The Morgan fingerprint density at radius 3 is 2.45 bits per heavy atom. The number of hydrazine groups is 1. The molecule has 1 aliphatic rings. The van der Waals surface area contributed by atoms with Crippen LogP contribution in [0.15, 0.2) is 29.3 Å². The second kappa shape index (κ2) is 4.57. The molecule has 1 aliphatic heterocycles. The Bertz CT molecular complexity index is 757. The summed E-state index contributed by atoms with van der Waals surface area (Å²) < 4.78 is 0.889. The van der Waals surface area contributed by atoms with Gasteiger partial charge in [0.15, 0.2) is 0 Å². The number of carbonyl (C=O) groups excluding carboxylic acids is 2. The summed E-state index contributed by atoms with van der Waals surface area (Å²) in [5.74, 6) is -0.698. The summed E-state index contributed by atoms with van der Waals surface area (Å²) in [6.07, 6.45) is 0. The number of benzene rings is 1. The van der Waals surface area contributed by atoms with Crippen molar-refractivity contribution in [1.29, 1.82) is 0 Å². The molecule has 3 rings (SSSR count). The Balaban J connectivity index is 1.93. The van der Waals surface area contributed by atoms with Gasteiger partial charge in [-0.15, -0.1) is 0 Å². The fourth-order valence-electron chi connectivity index (χ4n) is 1.91. The van der Waals surface area contributed by atoms with Gasteiger partial charge in [-0.25, -0.2) is 4.98 Å². The summed E-state index contributed by atoms with van der Waals surface area (Å²) in [6, 6.07) is 5.45. The lowest BCUT2D eigenvalue weighted by molar-refractivity contribution is -0.135. The summed E-state index contributed by atoms with van der Waals surface area (Å²) in [6.45, 7) is 3.26. The van der Waals surface area contributed by atoms with Crippen LogP contribution in [0.4, 0.5) is 5.13 Å². The smallest absolute Gasteiger partial charge is 0.267 e. The zero-order chi connectivity index (χ0) is 14.4. The molecule has 102 valence electrons. The molecule has 0 unspecified atom stereocenters. The molecule has 1 aromatic heterocycles. The van der Waals surface area contributed by atoms with Crippen LogP contribution in [0.25, 0.3) is 10.2 Å². The summed E-state index contributed by atoms with van der Waals surface area (Å²) in [4.78, 5) is 28.2. The van der Waals surface area contributed by atoms with Crippen molar-refractivity contribution in [3.05, 3.63) is 34.4 Å². The highest BCUT2D eigenvalue weighted by Crippen LogP contribution is 2.31. The molecule has 20 heavy (non-hydrogen) atoms. The van der Waals surface area contributed by atoms with E-state index < -0.39 is 0 Å². The van der Waals surface area contributed by atoms with Crippen LogP contribution in [0.3, 0.4) is 0 Å².